The highest BCUT2D eigenvalue weighted by Crippen LogP contribution is 2.43. The molecule has 1 fully saturated rings. The summed E-state index contributed by atoms with van der Waals surface area (Å²) in [6.45, 7) is 6.07. The monoisotopic (exact) mass is 402 g/mol. The molecule has 0 bridgehead atoms. The first-order valence-electron chi connectivity index (χ1n) is 9.52. The van der Waals surface area contributed by atoms with Gasteiger partial charge in [-0.05, 0) is 49.9 Å². The van der Waals surface area contributed by atoms with Crippen LogP contribution >= 0.6 is 11.3 Å². The van der Waals surface area contributed by atoms with Crippen molar-refractivity contribution in [1.82, 2.24) is 19.5 Å². The van der Waals surface area contributed by atoms with Crippen molar-refractivity contribution in [3.05, 3.63) is 34.5 Å². The van der Waals surface area contributed by atoms with Gasteiger partial charge in [0.15, 0.2) is 11.5 Å². The zero-order chi connectivity index (χ0) is 19.8. The highest BCUT2D eigenvalue weighted by molar-refractivity contribution is 7.17. The fourth-order valence-electron chi connectivity index (χ4n) is 4.04. The predicted molar refractivity (Wildman–Crippen MR) is 109 cm³/mol. The van der Waals surface area contributed by atoms with E-state index in [2.05, 4.69) is 21.9 Å². The summed E-state index contributed by atoms with van der Waals surface area (Å²) >= 11 is 1.49. The highest BCUT2D eigenvalue weighted by Gasteiger charge is 2.32. The molecule has 150 valence electrons. The number of aromatic nitrogens is 3. The molecule has 4 rings (SSSR count). The molecule has 1 aliphatic rings. The average Bonchev–Trinajstić information content (AvgIpc) is 3.19. The lowest BCUT2D eigenvalue weighted by Gasteiger charge is -2.37. The van der Waals surface area contributed by atoms with Gasteiger partial charge in [0.1, 0.15) is 5.82 Å². The molecular formula is C20H26N4O3S. The van der Waals surface area contributed by atoms with E-state index in [9.17, 15) is 5.11 Å². The van der Waals surface area contributed by atoms with Crippen molar-refractivity contribution in [3.8, 4) is 17.4 Å². The smallest absolute Gasteiger partial charge is 0.230 e. The number of ether oxygens (including phenoxy) is 2. The number of rotatable bonds is 5. The molecule has 1 saturated heterocycles. The molecule has 1 aromatic carbocycles. The molecule has 0 unspecified atom stereocenters. The van der Waals surface area contributed by atoms with Gasteiger partial charge >= 0.3 is 0 Å². The van der Waals surface area contributed by atoms with Gasteiger partial charge in [-0.1, -0.05) is 24.3 Å². The fourth-order valence-corrected chi connectivity index (χ4v) is 5.20. The second kappa shape index (κ2) is 7.60. The Labute approximate surface area is 168 Å². The Bertz CT molecular complexity index is 983. The Morgan fingerprint density at radius 2 is 2.04 bits per heavy atom. The lowest BCUT2D eigenvalue weighted by atomic mass is 9.95. The van der Waals surface area contributed by atoms with E-state index in [1.165, 1.54) is 22.3 Å². The van der Waals surface area contributed by atoms with Crippen molar-refractivity contribution in [2.45, 2.75) is 32.7 Å². The van der Waals surface area contributed by atoms with Gasteiger partial charge < -0.3 is 14.6 Å². The largest absolute Gasteiger partial charge is 0.493 e. The van der Waals surface area contributed by atoms with Crippen molar-refractivity contribution in [2.75, 3.05) is 27.3 Å². The minimum Gasteiger partial charge on any atom is -0.493 e. The van der Waals surface area contributed by atoms with Gasteiger partial charge in [-0.25, -0.2) is 4.98 Å². The molecule has 2 atom stereocenters. The maximum atomic E-state index is 10.9. The number of piperidine rings is 1. The summed E-state index contributed by atoms with van der Waals surface area (Å²) in [6.07, 6.45) is 2.38. The minimum atomic E-state index is -0.0867. The van der Waals surface area contributed by atoms with Crippen molar-refractivity contribution >= 4 is 16.3 Å². The first-order chi connectivity index (χ1) is 13.5. The van der Waals surface area contributed by atoms with Gasteiger partial charge in [0.05, 0.1) is 25.1 Å². The Hall–Kier alpha value is -2.32. The van der Waals surface area contributed by atoms with E-state index in [-0.39, 0.29) is 11.9 Å². The topological polar surface area (TPSA) is 72.1 Å². The van der Waals surface area contributed by atoms with Gasteiger partial charge in [-0.3, -0.25) is 4.90 Å². The second-order valence-electron chi connectivity index (χ2n) is 7.40. The molecule has 1 N–H and O–H groups in total. The van der Waals surface area contributed by atoms with E-state index in [4.69, 9.17) is 9.47 Å². The van der Waals surface area contributed by atoms with E-state index < -0.39 is 0 Å². The Kier molecular flexibility index (Phi) is 5.16. The predicted octanol–water partition coefficient (Wildman–Crippen LogP) is 3.64. The number of aryl methyl sites for hydroxylation is 1. The first-order valence-corrected chi connectivity index (χ1v) is 10.3. The number of thiazole rings is 1. The molecule has 2 aromatic heterocycles. The Morgan fingerprint density at radius 1 is 1.25 bits per heavy atom. The zero-order valence-corrected chi connectivity index (χ0v) is 17.5. The molecule has 0 radical (unpaired) electrons. The van der Waals surface area contributed by atoms with Gasteiger partial charge in [-0.15, -0.1) is 5.10 Å². The third-order valence-electron chi connectivity index (χ3n) is 5.33. The number of aromatic hydroxyl groups is 1. The normalized spacial score (nSPS) is 19.1. The van der Waals surface area contributed by atoms with Crippen LogP contribution in [0.2, 0.25) is 0 Å². The lowest BCUT2D eigenvalue weighted by molar-refractivity contribution is 0.149. The fraction of sp³-hybridized carbons (Fsp3) is 0.500. The second-order valence-corrected chi connectivity index (χ2v) is 8.41. The minimum absolute atomic E-state index is 0.0867. The van der Waals surface area contributed by atoms with E-state index in [1.807, 2.05) is 25.1 Å². The van der Waals surface area contributed by atoms with Crippen LogP contribution in [0.1, 0.15) is 42.1 Å². The third-order valence-corrected chi connectivity index (χ3v) is 6.40. The molecule has 0 amide bonds. The summed E-state index contributed by atoms with van der Waals surface area (Å²) in [5.74, 6) is 2.81. The summed E-state index contributed by atoms with van der Waals surface area (Å²) in [6, 6.07) is 5.89. The van der Waals surface area contributed by atoms with Crippen LogP contribution in [-0.2, 0) is 0 Å². The highest BCUT2D eigenvalue weighted by atomic mass is 32.1. The maximum Gasteiger partial charge on any atom is 0.230 e. The molecule has 0 spiro atoms. The van der Waals surface area contributed by atoms with Gasteiger partial charge in [0.25, 0.3) is 0 Å². The van der Waals surface area contributed by atoms with Crippen LogP contribution in [0.15, 0.2) is 18.2 Å². The SMILES string of the molecule is COc1ccc([C@@H](c2sc3nc(C)nn3c2O)N2CCC[C@H](C)C2)cc1OC. The van der Waals surface area contributed by atoms with Gasteiger partial charge in [0, 0.05) is 6.54 Å². The van der Waals surface area contributed by atoms with E-state index in [0.717, 1.165) is 30.0 Å². The number of methoxy groups -OCH3 is 2. The summed E-state index contributed by atoms with van der Waals surface area (Å²) in [4.78, 5) is 8.44. The molecule has 3 heterocycles. The number of likely N-dealkylation sites (tertiary alicyclic amines) is 1. The van der Waals surface area contributed by atoms with Crippen molar-refractivity contribution in [1.29, 1.82) is 0 Å². The molecule has 0 saturated carbocycles. The number of nitrogens with zero attached hydrogens (tertiary/aromatic N) is 4. The molecule has 1 aliphatic heterocycles. The molecule has 8 heteroatoms. The van der Waals surface area contributed by atoms with E-state index >= 15 is 0 Å². The third kappa shape index (κ3) is 3.31. The lowest BCUT2D eigenvalue weighted by Crippen LogP contribution is -2.37. The molecule has 28 heavy (non-hydrogen) atoms. The Morgan fingerprint density at radius 3 is 2.71 bits per heavy atom. The Balaban J connectivity index is 1.84. The number of benzene rings is 1. The van der Waals surface area contributed by atoms with Crippen LogP contribution in [0.3, 0.4) is 0 Å². The van der Waals surface area contributed by atoms with Crippen molar-refractivity contribution in [3.63, 3.8) is 0 Å². The average molecular weight is 403 g/mol. The number of hydrogen-bond donors (Lipinski definition) is 1. The standard InChI is InChI=1S/C20H26N4O3S/c1-12-6-5-9-23(11-12)17(14-7-8-15(26-3)16(10-14)27-4)18-19(25)24-20(28-18)21-13(2)22-24/h7-8,10,12,17,25H,5-6,9,11H2,1-4H3/t12-,17-/m0/s1. The molecular weight excluding hydrogens is 376 g/mol. The molecule has 7 nitrogen and oxygen atoms in total. The zero-order valence-electron chi connectivity index (χ0n) is 16.7. The summed E-state index contributed by atoms with van der Waals surface area (Å²) < 4.78 is 12.5. The van der Waals surface area contributed by atoms with Crippen LogP contribution in [0.4, 0.5) is 0 Å². The molecule has 0 aliphatic carbocycles. The van der Waals surface area contributed by atoms with Crippen molar-refractivity contribution < 1.29 is 14.6 Å². The van der Waals surface area contributed by atoms with E-state index in [1.54, 1.807) is 14.2 Å². The summed E-state index contributed by atoms with van der Waals surface area (Å²) in [5, 5.41) is 15.3. The van der Waals surface area contributed by atoms with Crippen LogP contribution < -0.4 is 9.47 Å². The quantitative estimate of drug-likeness (QED) is 0.702. The van der Waals surface area contributed by atoms with Crippen LogP contribution in [0.5, 0.6) is 17.4 Å². The van der Waals surface area contributed by atoms with Crippen molar-refractivity contribution in [2.24, 2.45) is 5.92 Å². The van der Waals surface area contributed by atoms with E-state index in [0.29, 0.717) is 28.2 Å². The first kappa shape index (κ1) is 19.0. The van der Waals surface area contributed by atoms with Gasteiger partial charge in [-0.2, -0.15) is 4.52 Å². The summed E-state index contributed by atoms with van der Waals surface area (Å²) in [5.41, 5.74) is 1.06. The number of fused-ring (bicyclic) bond motifs is 1. The summed E-state index contributed by atoms with van der Waals surface area (Å²) in [7, 11) is 3.28. The number of hydrogen-bond acceptors (Lipinski definition) is 7. The van der Waals surface area contributed by atoms with Gasteiger partial charge in [0.2, 0.25) is 10.8 Å². The van der Waals surface area contributed by atoms with Crippen LogP contribution in [-0.4, -0.2) is 51.9 Å². The van der Waals surface area contributed by atoms with Crippen LogP contribution in [0.25, 0.3) is 4.96 Å². The maximum absolute atomic E-state index is 10.9. The van der Waals surface area contributed by atoms with Crippen LogP contribution in [0, 0.1) is 12.8 Å². The molecule has 3 aromatic rings.